The molecule has 0 atom stereocenters. The van der Waals surface area contributed by atoms with Gasteiger partial charge in [0.2, 0.25) is 0 Å². The molecule has 0 bridgehead atoms. The largest absolute Gasteiger partial charge is 0.391 e. The smallest absolute Gasteiger partial charge is 0.338 e. The van der Waals surface area contributed by atoms with Crippen molar-refractivity contribution in [3.8, 4) is 10.8 Å². The number of hydrogen-bond donors (Lipinski definition) is 1. The lowest BCUT2D eigenvalue weighted by Crippen LogP contribution is -2.41. The van der Waals surface area contributed by atoms with E-state index in [0.29, 0.717) is 20.1 Å². The van der Waals surface area contributed by atoms with Gasteiger partial charge in [0.15, 0.2) is 10.8 Å². The maximum atomic E-state index is 12.8. The first-order chi connectivity index (χ1) is 12.8. The van der Waals surface area contributed by atoms with Crippen LogP contribution >= 0.6 is 22.7 Å². The van der Waals surface area contributed by atoms with Gasteiger partial charge >= 0.3 is 6.18 Å². The predicted molar refractivity (Wildman–Crippen MR) is 96.0 cm³/mol. The second-order valence-electron chi connectivity index (χ2n) is 6.19. The Bertz CT molecular complexity index is 1050. The van der Waals surface area contributed by atoms with E-state index in [1.807, 2.05) is 0 Å². The van der Waals surface area contributed by atoms with E-state index in [2.05, 4.69) is 15.0 Å². The summed E-state index contributed by atoms with van der Waals surface area (Å²) in [6.45, 7) is 0.123. The summed E-state index contributed by atoms with van der Waals surface area (Å²) in [5.74, 6) is -1.44. The van der Waals surface area contributed by atoms with E-state index in [0.717, 1.165) is 11.3 Å². The Balaban J connectivity index is 1.52. The molecule has 1 fully saturated rings. The number of thiazole rings is 1. The van der Waals surface area contributed by atoms with Gasteiger partial charge in [0.1, 0.15) is 9.58 Å². The molecule has 3 aromatic rings. The van der Waals surface area contributed by atoms with Crippen molar-refractivity contribution in [2.45, 2.75) is 19.0 Å². The minimum Gasteiger partial charge on any atom is -0.338 e. The van der Waals surface area contributed by atoms with Gasteiger partial charge in [0.25, 0.3) is 11.5 Å². The number of halogens is 3. The van der Waals surface area contributed by atoms with Crippen molar-refractivity contribution in [3.05, 3.63) is 32.9 Å². The molecular formula is C16H13F3N4O2S2. The quantitative estimate of drug-likeness (QED) is 0.696. The number of H-pyrrole nitrogens is 1. The number of piperidine rings is 1. The molecule has 0 aliphatic carbocycles. The summed E-state index contributed by atoms with van der Waals surface area (Å²) in [6, 6.07) is 1.73. The van der Waals surface area contributed by atoms with Crippen LogP contribution in [0.25, 0.3) is 21.0 Å². The lowest BCUT2D eigenvalue weighted by molar-refractivity contribution is -0.183. The third-order valence-electron chi connectivity index (χ3n) is 4.48. The fourth-order valence-corrected chi connectivity index (χ4v) is 4.58. The number of hydrogen-bond acceptors (Lipinski definition) is 6. The maximum Gasteiger partial charge on any atom is 0.391 e. The molecule has 0 saturated carbocycles. The standard InChI is InChI=1S/C16H13F3N4O2S2/c17-16(18,19)8-1-4-23(5-2-8)15(25)10-7-20-14(27-10)12-21-9-3-6-26-11(9)13(24)22-12/h3,6-8H,1-2,4-5H2,(H,21,22,24). The summed E-state index contributed by atoms with van der Waals surface area (Å²) in [7, 11) is 0. The van der Waals surface area contributed by atoms with E-state index >= 15 is 0 Å². The number of nitrogens with one attached hydrogen (secondary N) is 1. The molecule has 3 aromatic heterocycles. The van der Waals surface area contributed by atoms with Crippen molar-refractivity contribution < 1.29 is 18.0 Å². The van der Waals surface area contributed by atoms with Crippen LogP contribution in [-0.4, -0.2) is 45.0 Å². The van der Waals surface area contributed by atoms with Crippen molar-refractivity contribution in [1.82, 2.24) is 19.9 Å². The van der Waals surface area contributed by atoms with Gasteiger partial charge in [-0.1, -0.05) is 0 Å². The first-order valence-corrected chi connectivity index (χ1v) is 9.82. The van der Waals surface area contributed by atoms with Gasteiger partial charge in [0, 0.05) is 13.1 Å². The van der Waals surface area contributed by atoms with Crippen LogP contribution in [0.2, 0.25) is 0 Å². The van der Waals surface area contributed by atoms with Crippen LogP contribution in [0.4, 0.5) is 13.2 Å². The number of rotatable bonds is 2. The molecule has 0 unspecified atom stereocenters. The maximum absolute atomic E-state index is 12.8. The number of nitrogens with zero attached hydrogens (tertiary/aromatic N) is 3. The van der Waals surface area contributed by atoms with Crippen LogP contribution in [0.1, 0.15) is 22.5 Å². The highest BCUT2D eigenvalue weighted by Gasteiger charge is 2.41. The lowest BCUT2D eigenvalue weighted by atomic mass is 9.96. The molecule has 1 aliphatic rings. The van der Waals surface area contributed by atoms with E-state index in [1.54, 1.807) is 11.4 Å². The molecule has 0 radical (unpaired) electrons. The number of amides is 1. The predicted octanol–water partition coefficient (Wildman–Crippen LogP) is 3.52. The number of likely N-dealkylation sites (tertiary alicyclic amines) is 1. The third-order valence-corrected chi connectivity index (χ3v) is 6.37. The molecule has 11 heteroatoms. The average molecular weight is 414 g/mol. The SMILES string of the molecule is O=C(c1cnc(-c2nc3ccsc3c(=O)[nH]2)s1)N1CCC(C(F)(F)F)CC1. The molecule has 142 valence electrons. The first kappa shape index (κ1) is 18.1. The third kappa shape index (κ3) is 3.48. The minimum atomic E-state index is -4.22. The van der Waals surface area contributed by atoms with Gasteiger partial charge in [-0.2, -0.15) is 13.2 Å². The van der Waals surface area contributed by atoms with Gasteiger partial charge in [-0.05, 0) is 24.3 Å². The highest BCUT2D eigenvalue weighted by atomic mass is 32.1. The van der Waals surface area contributed by atoms with Crippen molar-refractivity contribution in [3.63, 3.8) is 0 Å². The molecule has 1 amide bonds. The second kappa shape index (κ2) is 6.71. The van der Waals surface area contributed by atoms with Crippen LogP contribution in [0.5, 0.6) is 0 Å². The van der Waals surface area contributed by atoms with E-state index in [4.69, 9.17) is 0 Å². The molecule has 1 saturated heterocycles. The Hall–Kier alpha value is -2.27. The van der Waals surface area contributed by atoms with Gasteiger partial charge in [-0.25, -0.2) is 9.97 Å². The number of thiophene rings is 1. The number of carbonyl (C=O) groups excluding carboxylic acids is 1. The molecule has 1 N–H and O–H groups in total. The van der Waals surface area contributed by atoms with Crippen molar-refractivity contribution in [1.29, 1.82) is 0 Å². The summed E-state index contributed by atoms with van der Waals surface area (Å²) in [5.41, 5.74) is 0.276. The van der Waals surface area contributed by atoms with E-state index in [-0.39, 0.29) is 43.2 Å². The van der Waals surface area contributed by atoms with Gasteiger partial charge in [-0.15, -0.1) is 22.7 Å². The zero-order chi connectivity index (χ0) is 19.2. The molecule has 1 aliphatic heterocycles. The van der Waals surface area contributed by atoms with E-state index in [1.165, 1.54) is 22.4 Å². The Morgan fingerprint density at radius 2 is 2.04 bits per heavy atom. The molecule has 0 spiro atoms. The fourth-order valence-electron chi connectivity index (χ4n) is 3.02. The molecule has 6 nitrogen and oxygen atoms in total. The Morgan fingerprint density at radius 3 is 2.74 bits per heavy atom. The Labute approximate surface area is 158 Å². The van der Waals surface area contributed by atoms with Crippen LogP contribution in [0, 0.1) is 5.92 Å². The highest BCUT2D eigenvalue weighted by molar-refractivity contribution is 7.17. The Kier molecular flexibility index (Phi) is 4.50. The van der Waals surface area contributed by atoms with Crippen LogP contribution in [-0.2, 0) is 0 Å². The number of carbonyl (C=O) groups is 1. The monoisotopic (exact) mass is 414 g/mol. The first-order valence-electron chi connectivity index (χ1n) is 8.12. The fraction of sp³-hybridized carbons (Fsp3) is 0.375. The van der Waals surface area contributed by atoms with Crippen LogP contribution in [0.15, 0.2) is 22.4 Å². The second-order valence-corrected chi connectivity index (χ2v) is 8.13. The van der Waals surface area contributed by atoms with Gasteiger partial charge in [-0.3, -0.25) is 9.59 Å². The molecule has 4 rings (SSSR count). The summed E-state index contributed by atoms with van der Waals surface area (Å²) >= 11 is 2.34. The number of alkyl halides is 3. The summed E-state index contributed by atoms with van der Waals surface area (Å²) in [4.78, 5) is 37.5. The molecule has 4 heterocycles. The summed E-state index contributed by atoms with van der Waals surface area (Å²) in [6.07, 6.45) is -3.03. The van der Waals surface area contributed by atoms with Gasteiger partial charge < -0.3 is 9.88 Å². The topological polar surface area (TPSA) is 79.0 Å². The van der Waals surface area contributed by atoms with Crippen molar-refractivity contribution >= 4 is 38.8 Å². The minimum absolute atomic E-state index is 0.0617. The molecular weight excluding hydrogens is 401 g/mol. The van der Waals surface area contributed by atoms with Crippen molar-refractivity contribution in [2.75, 3.05) is 13.1 Å². The summed E-state index contributed by atoms with van der Waals surface area (Å²) < 4.78 is 38.8. The van der Waals surface area contributed by atoms with Crippen molar-refractivity contribution in [2.24, 2.45) is 5.92 Å². The normalized spacial score (nSPS) is 16.2. The Morgan fingerprint density at radius 1 is 1.30 bits per heavy atom. The van der Waals surface area contributed by atoms with Crippen LogP contribution < -0.4 is 5.56 Å². The number of aromatic amines is 1. The number of aromatic nitrogens is 3. The zero-order valence-electron chi connectivity index (χ0n) is 13.7. The van der Waals surface area contributed by atoms with Crippen LogP contribution in [0.3, 0.4) is 0 Å². The molecule has 27 heavy (non-hydrogen) atoms. The average Bonchev–Trinajstić information content (AvgIpc) is 3.30. The van der Waals surface area contributed by atoms with E-state index in [9.17, 15) is 22.8 Å². The summed E-state index contributed by atoms with van der Waals surface area (Å²) in [5, 5.41) is 2.15. The number of fused-ring (bicyclic) bond motifs is 1. The van der Waals surface area contributed by atoms with Gasteiger partial charge in [0.05, 0.1) is 17.6 Å². The zero-order valence-corrected chi connectivity index (χ0v) is 15.4. The van der Waals surface area contributed by atoms with E-state index < -0.39 is 12.1 Å². The highest BCUT2D eigenvalue weighted by Crippen LogP contribution is 2.35. The lowest BCUT2D eigenvalue weighted by Gasteiger charge is -2.32. The molecule has 0 aromatic carbocycles.